The Bertz CT molecular complexity index is 832. The van der Waals surface area contributed by atoms with E-state index >= 15 is 0 Å². The van der Waals surface area contributed by atoms with E-state index < -0.39 is 35.3 Å². The number of aliphatic hydroxyl groups excluding tert-OH is 3. The molecule has 10 atom stereocenters. The zero-order chi connectivity index (χ0) is 23.6. The van der Waals surface area contributed by atoms with Crippen molar-refractivity contribution in [1.29, 1.82) is 0 Å². The molecule has 0 saturated heterocycles. The van der Waals surface area contributed by atoms with Crippen LogP contribution in [0, 0.1) is 28.6 Å². The molecule has 6 nitrogen and oxygen atoms in total. The molecule has 6 heteroatoms. The van der Waals surface area contributed by atoms with Crippen molar-refractivity contribution in [3.05, 3.63) is 23.3 Å². The number of esters is 1. The number of fused-ring (bicyclic) bond motifs is 5. The maximum atomic E-state index is 12.9. The van der Waals surface area contributed by atoms with E-state index in [1.165, 1.54) is 0 Å². The molecule has 0 radical (unpaired) electrons. The smallest absolute Gasteiger partial charge is 0.333 e. The van der Waals surface area contributed by atoms with Gasteiger partial charge in [-0.3, -0.25) is 0 Å². The minimum absolute atomic E-state index is 0.202. The largest absolute Gasteiger partial charge is 0.456 e. The van der Waals surface area contributed by atoms with Crippen LogP contribution >= 0.6 is 0 Å². The van der Waals surface area contributed by atoms with Crippen molar-refractivity contribution in [2.45, 2.75) is 103 Å². The van der Waals surface area contributed by atoms with E-state index in [1.54, 1.807) is 26.8 Å². The molecule has 32 heavy (non-hydrogen) atoms. The average Bonchev–Trinajstić information content (AvgIpc) is 3.03. The summed E-state index contributed by atoms with van der Waals surface area (Å²) in [5.74, 6) is -1.21. The lowest BCUT2D eigenvalue weighted by molar-refractivity contribution is -0.274. The number of aliphatic hydroxyl groups is 4. The highest BCUT2D eigenvalue weighted by molar-refractivity contribution is 5.87. The fourth-order valence-corrected chi connectivity index (χ4v) is 7.93. The molecule has 0 aromatic carbocycles. The molecule has 3 fully saturated rings. The van der Waals surface area contributed by atoms with Crippen molar-refractivity contribution < 1.29 is 30.0 Å². The molecule has 180 valence electrons. The summed E-state index contributed by atoms with van der Waals surface area (Å²) >= 11 is 0. The van der Waals surface area contributed by atoms with E-state index in [0.717, 1.165) is 12.0 Å². The predicted octanol–water partition coefficient (Wildman–Crippen LogP) is 2.88. The van der Waals surface area contributed by atoms with Crippen molar-refractivity contribution in [3.63, 3.8) is 0 Å². The van der Waals surface area contributed by atoms with Gasteiger partial charge in [0.05, 0.1) is 23.9 Å². The molecular formula is C26H40O6. The summed E-state index contributed by atoms with van der Waals surface area (Å²) in [7, 11) is 0. The first-order valence-corrected chi connectivity index (χ1v) is 12.2. The Labute approximate surface area is 191 Å². The molecule has 0 spiro atoms. The molecule has 0 aromatic rings. The van der Waals surface area contributed by atoms with E-state index in [1.807, 2.05) is 6.92 Å². The first-order chi connectivity index (χ1) is 14.9. The summed E-state index contributed by atoms with van der Waals surface area (Å²) in [4.78, 5) is 12.9. The maximum absolute atomic E-state index is 12.9. The second kappa shape index (κ2) is 7.93. The molecule has 0 unspecified atom stereocenters. The Morgan fingerprint density at radius 1 is 1.25 bits per heavy atom. The van der Waals surface area contributed by atoms with E-state index in [2.05, 4.69) is 13.0 Å². The number of carbonyl (C=O) groups is 1. The van der Waals surface area contributed by atoms with Gasteiger partial charge in [0, 0.05) is 16.9 Å². The van der Waals surface area contributed by atoms with Crippen LogP contribution in [0.3, 0.4) is 0 Å². The van der Waals surface area contributed by atoms with Crippen molar-refractivity contribution in [2.24, 2.45) is 28.6 Å². The Balaban J connectivity index is 1.85. The van der Waals surface area contributed by atoms with Crippen LogP contribution in [0.2, 0.25) is 0 Å². The molecule has 0 bridgehead atoms. The highest BCUT2D eigenvalue weighted by atomic mass is 16.6. The molecule has 0 aliphatic heterocycles. The van der Waals surface area contributed by atoms with Crippen LogP contribution < -0.4 is 0 Å². The monoisotopic (exact) mass is 448 g/mol. The lowest BCUT2D eigenvalue weighted by atomic mass is 9.44. The quantitative estimate of drug-likeness (QED) is 0.300. The Morgan fingerprint density at radius 3 is 2.56 bits per heavy atom. The lowest BCUT2D eigenvalue weighted by Gasteiger charge is -2.64. The SMILES string of the molecule is C/C=C(\C)C(=O)O[C@H]1[C@H]2[C@@H](CC=C3C[C@@H](O)CC[C@@]32C)[C@@]2(O)CC[C@H]([C@H](C)O)[C@@]2(C)[C@@H]1O. The normalized spacial score (nSPS) is 49.4. The summed E-state index contributed by atoms with van der Waals surface area (Å²) in [5.41, 5.74) is -0.914. The van der Waals surface area contributed by atoms with E-state index in [0.29, 0.717) is 37.7 Å². The molecule has 0 aromatic heterocycles. The third kappa shape index (κ3) is 3.09. The third-order valence-electron chi connectivity index (χ3n) is 9.99. The number of carbonyl (C=O) groups excluding carboxylic acids is 1. The average molecular weight is 449 g/mol. The van der Waals surface area contributed by atoms with E-state index in [-0.39, 0.29) is 29.3 Å². The van der Waals surface area contributed by atoms with Gasteiger partial charge in [0.1, 0.15) is 6.10 Å². The number of allylic oxidation sites excluding steroid dienone is 2. The summed E-state index contributed by atoms with van der Waals surface area (Å²) in [6.07, 6.45) is 4.58. The molecule has 4 aliphatic carbocycles. The van der Waals surface area contributed by atoms with Crippen molar-refractivity contribution in [3.8, 4) is 0 Å². The third-order valence-corrected chi connectivity index (χ3v) is 9.99. The number of hydrogen-bond acceptors (Lipinski definition) is 6. The highest BCUT2D eigenvalue weighted by Crippen LogP contribution is 2.68. The van der Waals surface area contributed by atoms with Gasteiger partial charge in [0.15, 0.2) is 0 Å². The van der Waals surface area contributed by atoms with Crippen molar-refractivity contribution >= 4 is 5.97 Å². The van der Waals surface area contributed by atoms with Crippen molar-refractivity contribution in [1.82, 2.24) is 0 Å². The lowest BCUT2D eigenvalue weighted by Crippen LogP contribution is -2.72. The Kier molecular flexibility index (Phi) is 5.93. The van der Waals surface area contributed by atoms with Crippen LogP contribution in [-0.4, -0.2) is 56.4 Å². The van der Waals surface area contributed by atoms with Crippen LogP contribution in [0.25, 0.3) is 0 Å². The van der Waals surface area contributed by atoms with Gasteiger partial charge in [-0.25, -0.2) is 4.79 Å². The van der Waals surface area contributed by atoms with Crippen molar-refractivity contribution in [2.75, 3.05) is 0 Å². The second-order valence-electron chi connectivity index (χ2n) is 11.3. The van der Waals surface area contributed by atoms with Crippen LogP contribution in [0.5, 0.6) is 0 Å². The predicted molar refractivity (Wildman–Crippen MR) is 120 cm³/mol. The van der Waals surface area contributed by atoms with Gasteiger partial charge in [-0.05, 0) is 76.5 Å². The fraction of sp³-hybridized carbons (Fsp3) is 0.808. The molecular weight excluding hydrogens is 408 g/mol. The number of rotatable bonds is 3. The fourth-order valence-electron chi connectivity index (χ4n) is 7.93. The first-order valence-electron chi connectivity index (χ1n) is 12.2. The van der Waals surface area contributed by atoms with Crippen LogP contribution in [0.15, 0.2) is 23.3 Å². The topological polar surface area (TPSA) is 107 Å². The van der Waals surface area contributed by atoms with Gasteiger partial charge in [-0.15, -0.1) is 0 Å². The van der Waals surface area contributed by atoms with E-state index in [4.69, 9.17) is 4.74 Å². The highest BCUT2D eigenvalue weighted by Gasteiger charge is 2.73. The van der Waals surface area contributed by atoms with Crippen LogP contribution in [-0.2, 0) is 9.53 Å². The first kappa shape index (κ1) is 23.9. The Morgan fingerprint density at radius 2 is 1.94 bits per heavy atom. The minimum atomic E-state index is -1.17. The molecule has 0 amide bonds. The number of hydrogen-bond donors (Lipinski definition) is 4. The van der Waals surface area contributed by atoms with Gasteiger partial charge < -0.3 is 25.2 Å². The zero-order valence-electron chi connectivity index (χ0n) is 20.0. The summed E-state index contributed by atoms with van der Waals surface area (Å²) in [6, 6.07) is 0. The van der Waals surface area contributed by atoms with Gasteiger partial charge in [0.2, 0.25) is 0 Å². The Hall–Kier alpha value is -1.21. The molecule has 3 saturated carbocycles. The van der Waals surface area contributed by atoms with E-state index in [9.17, 15) is 25.2 Å². The molecule has 4 rings (SSSR count). The molecule has 0 heterocycles. The maximum Gasteiger partial charge on any atom is 0.333 e. The minimum Gasteiger partial charge on any atom is -0.456 e. The van der Waals surface area contributed by atoms with Gasteiger partial charge in [-0.2, -0.15) is 0 Å². The molecule has 4 aliphatic rings. The molecule has 4 N–H and O–H groups in total. The van der Waals surface area contributed by atoms with Crippen LogP contribution in [0.1, 0.15) is 73.1 Å². The summed E-state index contributed by atoms with van der Waals surface area (Å²) in [6.45, 7) is 9.21. The number of ether oxygens (including phenoxy) is 1. The zero-order valence-corrected chi connectivity index (χ0v) is 20.0. The summed E-state index contributed by atoms with van der Waals surface area (Å²) < 4.78 is 6.07. The standard InChI is InChI=1S/C26H40O6/c1-6-14(2)23(30)32-21-20-19(8-7-16-13-17(28)9-11-24(16,20)4)26(31)12-10-18(15(3)27)25(26,5)22(21)29/h6-7,15,17-22,27-29,31H,8-13H2,1-5H3/b14-6+/t15-,17-,18+,19+,20+,21-,22+,24-,25-,26-/m0/s1. The van der Waals surface area contributed by atoms with Crippen LogP contribution in [0.4, 0.5) is 0 Å². The van der Waals surface area contributed by atoms with Gasteiger partial charge in [0.25, 0.3) is 0 Å². The van der Waals surface area contributed by atoms with Gasteiger partial charge in [-0.1, -0.05) is 31.6 Å². The van der Waals surface area contributed by atoms with Gasteiger partial charge >= 0.3 is 5.97 Å². The second-order valence-corrected chi connectivity index (χ2v) is 11.3. The summed E-state index contributed by atoms with van der Waals surface area (Å²) in [5, 5.41) is 44.9.